The molecule has 9 heteroatoms. The number of β-lactam (4-membered cyclic amide) rings is 1. The number of nitrogens with one attached hydrogen (secondary N) is 1. The minimum atomic E-state index is -0.521. The van der Waals surface area contributed by atoms with E-state index in [1.165, 1.54) is 16.7 Å². The summed E-state index contributed by atoms with van der Waals surface area (Å²) < 4.78 is 10.5. The Morgan fingerprint density at radius 3 is 2.78 bits per heavy atom. The molecule has 0 radical (unpaired) electrons. The van der Waals surface area contributed by atoms with Crippen molar-refractivity contribution in [1.29, 1.82) is 0 Å². The third-order valence-electron chi connectivity index (χ3n) is 4.44. The number of rotatable bonds is 5. The topological polar surface area (TPSA) is 97.4 Å². The second-order valence-electron chi connectivity index (χ2n) is 5.98. The van der Waals surface area contributed by atoms with Gasteiger partial charge in [-0.05, 0) is 30.2 Å². The molecule has 1 fully saturated rings. The normalized spacial score (nSPS) is 19.9. The molecule has 4 rings (SSSR count). The Morgan fingerprint density at radius 1 is 1.33 bits per heavy atom. The second kappa shape index (κ2) is 6.92. The first-order valence-corrected chi connectivity index (χ1v) is 9.10. The fraction of sp³-hybridized carbons (Fsp3) is 0.222. The number of esters is 1. The van der Waals surface area contributed by atoms with Crippen molar-refractivity contribution in [3.05, 3.63) is 58.4 Å². The largest absolute Gasteiger partial charge is 0.497 e. The molecule has 2 aliphatic rings. The first-order chi connectivity index (χ1) is 13.1. The first kappa shape index (κ1) is 17.3. The molecule has 1 saturated heterocycles. The van der Waals surface area contributed by atoms with Gasteiger partial charge in [-0.15, -0.1) is 11.8 Å². The molecule has 138 valence electrons. The van der Waals surface area contributed by atoms with Gasteiger partial charge >= 0.3 is 5.97 Å². The number of fused-ring (bicyclic) bond motifs is 1. The number of hydrogen-bond acceptors (Lipinski definition) is 7. The van der Waals surface area contributed by atoms with E-state index in [4.69, 9.17) is 9.47 Å². The van der Waals surface area contributed by atoms with Crippen LogP contribution in [-0.4, -0.2) is 44.7 Å². The van der Waals surface area contributed by atoms with Gasteiger partial charge in [0, 0.05) is 5.41 Å². The van der Waals surface area contributed by atoms with Crippen LogP contribution in [0.4, 0.5) is 0 Å². The average Bonchev–Trinajstić information content (AvgIpc) is 3.34. The van der Waals surface area contributed by atoms with Gasteiger partial charge in [-0.25, -0.2) is 4.79 Å². The summed E-state index contributed by atoms with van der Waals surface area (Å²) in [5.74, 6) is 0.00116. The number of nitrogens with zero attached hydrogens (tertiary/aromatic N) is 3. The number of methoxy groups -OCH3 is 1. The van der Waals surface area contributed by atoms with Gasteiger partial charge in [-0.2, -0.15) is 15.4 Å². The maximum atomic E-state index is 12.6. The lowest BCUT2D eigenvalue weighted by Gasteiger charge is -2.38. The van der Waals surface area contributed by atoms with E-state index in [-0.39, 0.29) is 23.6 Å². The lowest BCUT2D eigenvalue weighted by molar-refractivity contribution is -0.146. The van der Waals surface area contributed by atoms with Gasteiger partial charge in [-0.3, -0.25) is 9.69 Å². The third kappa shape index (κ3) is 2.99. The summed E-state index contributed by atoms with van der Waals surface area (Å²) in [6.07, 6.45) is 1.56. The Morgan fingerprint density at radius 2 is 2.11 bits per heavy atom. The number of thioether (sulfide) groups is 1. The van der Waals surface area contributed by atoms with E-state index in [9.17, 15) is 9.59 Å². The summed E-state index contributed by atoms with van der Waals surface area (Å²) in [6, 6.07) is 7.24. The number of H-pyrrole nitrogens is 1. The molecule has 1 amide bonds. The molecule has 1 atom stereocenters. The van der Waals surface area contributed by atoms with Crippen molar-refractivity contribution < 1.29 is 19.1 Å². The molecular formula is C18H16N4O4S. The number of hydrogen-bond donors (Lipinski definition) is 1. The summed E-state index contributed by atoms with van der Waals surface area (Å²) in [7, 11) is 1.59. The Hall–Kier alpha value is -3.07. The van der Waals surface area contributed by atoms with Gasteiger partial charge < -0.3 is 9.47 Å². The van der Waals surface area contributed by atoms with Crippen LogP contribution in [0.5, 0.6) is 5.75 Å². The minimum Gasteiger partial charge on any atom is -0.497 e. The number of amides is 1. The zero-order valence-electron chi connectivity index (χ0n) is 14.6. The number of aromatic nitrogens is 3. The van der Waals surface area contributed by atoms with E-state index < -0.39 is 5.97 Å². The molecule has 27 heavy (non-hydrogen) atoms. The van der Waals surface area contributed by atoms with Gasteiger partial charge in [0.25, 0.3) is 5.91 Å². The predicted molar refractivity (Wildman–Crippen MR) is 98.1 cm³/mol. The van der Waals surface area contributed by atoms with Gasteiger partial charge in [0.05, 0.1) is 18.9 Å². The number of allylic oxidation sites excluding steroid dienone is 1. The molecule has 3 heterocycles. The quantitative estimate of drug-likeness (QED) is 0.479. The zero-order valence-corrected chi connectivity index (χ0v) is 15.4. The molecule has 0 bridgehead atoms. The van der Waals surface area contributed by atoms with Crippen LogP contribution in [0.15, 0.2) is 47.1 Å². The molecule has 0 spiro atoms. The molecule has 1 aromatic heterocycles. The highest BCUT2D eigenvalue weighted by Crippen LogP contribution is 2.47. The fourth-order valence-electron chi connectivity index (χ4n) is 2.91. The van der Waals surface area contributed by atoms with Crippen LogP contribution in [0, 0.1) is 0 Å². The molecule has 2 aromatic rings. The molecule has 0 aliphatic carbocycles. The summed E-state index contributed by atoms with van der Waals surface area (Å²) in [5.41, 5.74) is 3.10. The molecule has 1 aromatic carbocycles. The van der Waals surface area contributed by atoms with Gasteiger partial charge in [0.15, 0.2) is 0 Å². The van der Waals surface area contributed by atoms with Crippen molar-refractivity contribution >= 4 is 29.2 Å². The standard InChI is InChI=1S/C18H16N4O4S/c1-10(13-7-19-21-20-13)15-16(23)22-14(9-27-17(15)22)18(24)26-8-11-3-5-12(25-2)6-4-11/h3-7,9,17H,8H2,1-2H3,(H,19,20,21)/t17-/m0/s1. The molecule has 0 saturated carbocycles. The SMILES string of the molecule is COc1ccc(COC(=O)C2=CS[C@H]3C(=C(C)c4cn[nH]n4)C(=O)N23)cc1. The average molecular weight is 384 g/mol. The summed E-state index contributed by atoms with van der Waals surface area (Å²) in [5, 5.41) is 11.7. The van der Waals surface area contributed by atoms with Crippen molar-refractivity contribution in [2.45, 2.75) is 18.9 Å². The van der Waals surface area contributed by atoms with Crippen LogP contribution < -0.4 is 4.74 Å². The van der Waals surface area contributed by atoms with E-state index >= 15 is 0 Å². The smallest absolute Gasteiger partial charge is 0.355 e. The molecule has 8 nitrogen and oxygen atoms in total. The minimum absolute atomic E-state index is 0.123. The van der Waals surface area contributed by atoms with Gasteiger partial charge in [-0.1, -0.05) is 12.1 Å². The van der Waals surface area contributed by atoms with Gasteiger partial charge in [0.2, 0.25) is 0 Å². The van der Waals surface area contributed by atoms with Crippen LogP contribution in [-0.2, 0) is 20.9 Å². The van der Waals surface area contributed by atoms with Crippen LogP contribution in [0.3, 0.4) is 0 Å². The summed E-state index contributed by atoms with van der Waals surface area (Å²) in [6.45, 7) is 1.95. The van der Waals surface area contributed by atoms with Crippen LogP contribution in [0.1, 0.15) is 18.2 Å². The number of ether oxygens (including phenoxy) is 2. The number of benzene rings is 1. The zero-order chi connectivity index (χ0) is 19.0. The highest BCUT2D eigenvalue weighted by Gasteiger charge is 2.51. The molecular weight excluding hydrogens is 368 g/mol. The molecule has 2 aliphatic heterocycles. The second-order valence-corrected chi connectivity index (χ2v) is 6.94. The number of carbonyl (C=O) groups excluding carboxylic acids is 2. The Bertz CT molecular complexity index is 950. The lowest BCUT2D eigenvalue weighted by Crippen LogP contribution is -2.51. The Kier molecular flexibility index (Phi) is 4.44. The monoisotopic (exact) mass is 384 g/mol. The Balaban J connectivity index is 1.42. The maximum Gasteiger partial charge on any atom is 0.355 e. The highest BCUT2D eigenvalue weighted by atomic mass is 32.2. The van der Waals surface area contributed by atoms with Crippen molar-refractivity contribution in [3.8, 4) is 5.75 Å². The van der Waals surface area contributed by atoms with Crippen LogP contribution >= 0.6 is 11.8 Å². The fourth-order valence-corrected chi connectivity index (χ4v) is 4.12. The Labute approximate surface area is 159 Å². The van der Waals surface area contributed by atoms with E-state index in [2.05, 4.69) is 15.4 Å². The van der Waals surface area contributed by atoms with Gasteiger partial charge in [0.1, 0.15) is 29.1 Å². The third-order valence-corrected chi connectivity index (χ3v) is 5.50. The van der Waals surface area contributed by atoms with E-state index in [1.54, 1.807) is 30.8 Å². The molecule has 1 N–H and O–H groups in total. The van der Waals surface area contributed by atoms with Crippen LogP contribution in [0.2, 0.25) is 0 Å². The van der Waals surface area contributed by atoms with Crippen molar-refractivity contribution in [1.82, 2.24) is 20.3 Å². The predicted octanol–water partition coefficient (Wildman–Crippen LogP) is 2.09. The van der Waals surface area contributed by atoms with Crippen LogP contribution in [0.25, 0.3) is 5.57 Å². The van der Waals surface area contributed by atoms with E-state index in [0.29, 0.717) is 11.3 Å². The van der Waals surface area contributed by atoms with Crippen molar-refractivity contribution in [3.63, 3.8) is 0 Å². The van der Waals surface area contributed by atoms with E-state index in [1.807, 2.05) is 19.1 Å². The van der Waals surface area contributed by atoms with Crippen molar-refractivity contribution in [2.24, 2.45) is 0 Å². The maximum absolute atomic E-state index is 12.6. The van der Waals surface area contributed by atoms with Crippen molar-refractivity contribution in [2.75, 3.05) is 7.11 Å². The number of aromatic amines is 1. The highest BCUT2D eigenvalue weighted by molar-refractivity contribution is 8.03. The summed E-state index contributed by atoms with van der Waals surface area (Å²) >= 11 is 1.40. The lowest BCUT2D eigenvalue weighted by atomic mass is 9.98. The molecule has 0 unspecified atom stereocenters. The van der Waals surface area contributed by atoms with E-state index in [0.717, 1.165) is 16.9 Å². The summed E-state index contributed by atoms with van der Waals surface area (Å²) in [4.78, 5) is 26.4. The number of carbonyl (C=O) groups is 2. The first-order valence-electron chi connectivity index (χ1n) is 8.16.